The number of benzene rings is 2. The van der Waals surface area contributed by atoms with Gasteiger partial charge in [-0.15, -0.1) is 0 Å². The Hall–Kier alpha value is -3.99. The number of carbonyl (C=O) groups excluding carboxylic acids is 6. The molecule has 0 bridgehead atoms. The molecule has 0 aliphatic rings. The Kier molecular flexibility index (Phi) is 12.5. The van der Waals surface area contributed by atoms with Crippen molar-refractivity contribution in [3.8, 4) is 0 Å². The summed E-state index contributed by atoms with van der Waals surface area (Å²) in [4.78, 5) is 75.9. The minimum absolute atomic E-state index is 0.0682. The maximum atomic E-state index is 13.1. The van der Waals surface area contributed by atoms with Crippen molar-refractivity contribution in [2.75, 3.05) is 19.8 Å². The molecule has 0 saturated heterocycles. The third-order valence-electron chi connectivity index (χ3n) is 5.47. The van der Waals surface area contributed by atoms with Gasteiger partial charge in [-0.3, -0.25) is 19.2 Å². The standard InChI is InChI=1S/C29H33NO9S/c1-5-8-26(34)39-18-25(33)21-11-15-23(16-12-21)40-22-13-9-20(10-14-22)24(32)17-29(30-19(4)31,27(35)37-6-2)28(36)38-7-3/h9-16H,5-8,17-18H2,1-4H3,(H,30,31). The van der Waals surface area contributed by atoms with Gasteiger partial charge >= 0.3 is 17.9 Å². The van der Waals surface area contributed by atoms with Crippen molar-refractivity contribution in [2.45, 2.75) is 62.3 Å². The summed E-state index contributed by atoms with van der Waals surface area (Å²) in [6, 6.07) is 13.3. The molecule has 0 radical (unpaired) electrons. The maximum Gasteiger partial charge on any atom is 0.344 e. The van der Waals surface area contributed by atoms with E-state index in [9.17, 15) is 28.8 Å². The molecule has 2 aromatic carbocycles. The van der Waals surface area contributed by atoms with E-state index in [1.54, 1.807) is 48.5 Å². The number of ether oxygens (including phenoxy) is 3. The highest BCUT2D eigenvalue weighted by Crippen LogP contribution is 2.29. The van der Waals surface area contributed by atoms with E-state index in [0.717, 1.165) is 16.7 Å². The number of hydrogen-bond acceptors (Lipinski definition) is 10. The average Bonchev–Trinajstić information content (AvgIpc) is 2.92. The molecule has 11 heteroatoms. The van der Waals surface area contributed by atoms with Crippen LogP contribution in [-0.4, -0.2) is 60.7 Å². The number of ketones is 2. The zero-order valence-electron chi connectivity index (χ0n) is 22.9. The number of carbonyl (C=O) groups is 6. The SMILES string of the molecule is CCCC(=O)OCC(=O)c1ccc(Sc2ccc(C(=O)CC(NC(C)=O)(C(=O)OCC)C(=O)OCC)cc2)cc1. The van der Waals surface area contributed by atoms with E-state index in [0.29, 0.717) is 12.0 Å². The van der Waals surface area contributed by atoms with Crippen LogP contribution >= 0.6 is 11.8 Å². The Morgan fingerprint density at radius 1 is 0.725 bits per heavy atom. The van der Waals surface area contributed by atoms with Crippen molar-refractivity contribution >= 4 is 47.1 Å². The van der Waals surface area contributed by atoms with Crippen LogP contribution in [0.4, 0.5) is 0 Å². The van der Waals surface area contributed by atoms with Crippen molar-refractivity contribution in [1.82, 2.24) is 5.32 Å². The monoisotopic (exact) mass is 571 g/mol. The van der Waals surface area contributed by atoms with Crippen LogP contribution in [0, 0.1) is 0 Å². The number of Topliss-reactive ketones (excluding diaryl/α,β-unsaturated/α-hetero) is 2. The molecule has 0 unspecified atom stereocenters. The number of amides is 1. The first-order valence-electron chi connectivity index (χ1n) is 12.8. The lowest BCUT2D eigenvalue weighted by Crippen LogP contribution is -2.62. The predicted octanol–water partition coefficient (Wildman–Crippen LogP) is 3.94. The number of hydrogen-bond donors (Lipinski definition) is 1. The van der Waals surface area contributed by atoms with Crippen LogP contribution in [0.5, 0.6) is 0 Å². The lowest BCUT2D eigenvalue weighted by Gasteiger charge is -2.29. The van der Waals surface area contributed by atoms with Crippen molar-refractivity contribution in [2.24, 2.45) is 0 Å². The van der Waals surface area contributed by atoms with Crippen LogP contribution in [0.3, 0.4) is 0 Å². The molecule has 214 valence electrons. The summed E-state index contributed by atoms with van der Waals surface area (Å²) in [6.07, 6.45) is 0.229. The van der Waals surface area contributed by atoms with E-state index in [4.69, 9.17) is 14.2 Å². The molecule has 2 aromatic rings. The molecular weight excluding hydrogens is 538 g/mol. The van der Waals surface area contributed by atoms with E-state index < -0.39 is 41.6 Å². The third kappa shape index (κ3) is 9.04. The van der Waals surface area contributed by atoms with Crippen LogP contribution in [0.25, 0.3) is 0 Å². The highest BCUT2D eigenvalue weighted by atomic mass is 32.2. The van der Waals surface area contributed by atoms with Crippen molar-refractivity contribution < 1.29 is 43.0 Å². The molecular formula is C29H33NO9S. The van der Waals surface area contributed by atoms with Crippen LogP contribution in [0.2, 0.25) is 0 Å². The van der Waals surface area contributed by atoms with Crippen molar-refractivity contribution in [3.63, 3.8) is 0 Å². The summed E-state index contributed by atoms with van der Waals surface area (Å²) in [5.74, 6) is -4.15. The fraction of sp³-hybridized carbons (Fsp3) is 0.379. The lowest BCUT2D eigenvalue weighted by atomic mass is 9.90. The molecule has 0 aliphatic carbocycles. The van der Waals surface area contributed by atoms with Crippen LogP contribution in [-0.2, 0) is 33.4 Å². The second-order valence-electron chi connectivity index (χ2n) is 8.61. The van der Waals surface area contributed by atoms with E-state index >= 15 is 0 Å². The van der Waals surface area contributed by atoms with Gasteiger partial charge in [0.1, 0.15) is 0 Å². The van der Waals surface area contributed by atoms with Crippen LogP contribution < -0.4 is 5.32 Å². The predicted molar refractivity (Wildman–Crippen MR) is 146 cm³/mol. The molecule has 0 fully saturated rings. The van der Waals surface area contributed by atoms with Crippen LogP contribution in [0.1, 0.15) is 67.7 Å². The van der Waals surface area contributed by atoms with E-state index in [1.165, 1.54) is 25.6 Å². The summed E-state index contributed by atoms with van der Waals surface area (Å²) >= 11 is 1.38. The molecule has 0 heterocycles. The molecule has 0 aliphatic heterocycles. The minimum atomic E-state index is -2.31. The molecule has 0 spiro atoms. The summed E-state index contributed by atoms with van der Waals surface area (Å²) in [7, 11) is 0. The second kappa shape index (κ2) is 15.6. The fourth-order valence-corrected chi connectivity index (χ4v) is 4.40. The average molecular weight is 572 g/mol. The lowest BCUT2D eigenvalue weighted by molar-refractivity contribution is -0.167. The fourth-order valence-electron chi connectivity index (χ4n) is 3.59. The molecule has 0 atom stereocenters. The summed E-state index contributed by atoms with van der Waals surface area (Å²) in [5.41, 5.74) is -1.68. The summed E-state index contributed by atoms with van der Waals surface area (Å²) < 4.78 is 15.0. The van der Waals surface area contributed by atoms with Gasteiger partial charge in [-0.25, -0.2) is 9.59 Å². The molecule has 40 heavy (non-hydrogen) atoms. The van der Waals surface area contributed by atoms with Gasteiger partial charge in [-0.2, -0.15) is 0 Å². The second-order valence-corrected chi connectivity index (χ2v) is 9.76. The normalized spacial score (nSPS) is 10.8. The first-order valence-corrected chi connectivity index (χ1v) is 13.6. The van der Waals surface area contributed by atoms with E-state index in [-0.39, 0.29) is 37.6 Å². The highest BCUT2D eigenvalue weighted by molar-refractivity contribution is 7.99. The largest absolute Gasteiger partial charge is 0.464 e. The Labute approximate surface area is 237 Å². The van der Waals surface area contributed by atoms with Gasteiger partial charge in [0.2, 0.25) is 11.4 Å². The maximum absolute atomic E-state index is 13.1. The van der Waals surface area contributed by atoms with Gasteiger partial charge in [0.25, 0.3) is 0 Å². The van der Waals surface area contributed by atoms with Crippen molar-refractivity contribution in [1.29, 1.82) is 0 Å². The third-order valence-corrected chi connectivity index (χ3v) is 6.49. The first-order chi connectivity index (χ1) is 19.1. The Bertz CT molecular complexity index is 1210. The zero-order valence-corrected chi connectivity index (χ0v) is 23.8. The summed E-state index contributed by atoms with van der Waals surface area (Å²) in [6.45, 7) is 5.60. The Balaban J connectivity index is 2.13. The van der Waals surface area contributed by atoms with Gasteiger partial charge in [0.05, 0.1) is 19.6 Å². The van der Waals surface area contributed by atoms with Gasteiger partial charge in [0.15, 0.2) is 18.2 Å². The molecule has 10 nitrogen and oxygen atoms in total. The number of esters is 3. The topological polar surface area (TPSA) is 142 Å². The molecule has 1 amide bonds. The Morgan fingerprint density at radius 3 is 1.62 bits per heavy atom. The number of nitrogens with one attached hydrogen (secondary N) is 1. The van der Waals surface area contributed by atoms with Crippen molar-refractivity contribution in [3.05, 3.63) is 59.7 Å². The zero-order chi connectivity index (χ0) is 29.7. The first kappa shape index (κ1) is 32.2. The summed E-state index contributed by atoms with van der Waals surface area (Å²) in [5, 5.41) is 2.28. The smallest absolute Gasteiger partial charge is 0.344 e. The van der Waals surface area contributed by atoms with Gasteiger partial charge in [0, 0.05) is 34.3 Å². The molecule has 0 aromatic heterocycles. The minimum Gasteiger partial charge on any atom is -0.464 e. The highest BCUT2D eigenvalue weighted by Gasteiger charge is 2.51. The molecule has 2 rings (SSSR count). The molecule has 1 N–H and O–H groups in total. The van der Waals surface area contributed by atoms with Gasteiger partial charge < -0.3 is 19.5 Å². The van der Waals surface area contributed by atoms with Gasteiger partial charge in [-0.1, -0.05) is 43.0 Å². The van der Waals surface area contributed by atoms with Crippen LogP contribution in [0.15, 0.2) is 58.3 Å². The molecule has 0 saturated carbocycles. The Morgan fingerprint density at radius 2 is 1.20 bits per heavy atom. The quantitative estimate of drug-likeness (QED) is 0.145. The number of rotatable bonds is 15. The van der Waals surface area contributed by atoms with Gasteiger partial charge in [-0.05, 0) is 44.5 Å². The van der Waals surface area contributed by atoms with E-state index in [2.05, 4.69) is 5.32 Å². The van der Waals surface area contributed by atoms with E-state index in [1.807, 2.05) is 6.92 Å².